The third-order valence-electron chi connectivity index (χ3n) is 1.32. The summed E-state index contributed by atoms with van der Waals surface area (Å²) in [6.45, 7) is 0. The van der Waals surface area contributed by atoms with E-state index in [0.29, 0.717) is 0 Å². The Bertz CT molecular complexity index is 270. The summed E-state index contributed by atoms with van der Waals surface area (Å²) in [5.41, 5.74) is 1.05. The van der Waals surface area contributed by atoms with Gasteiger partial charge in [-0.1, -0.05) is 6.08 Å². The summed E-state index contributed by atoms with van der Waals surface area (Å²) < 4.78 is 0. The van der Waals surface area contributed by atoms with Crippen molar-refractivity contribution in [2.75, 3.05) is 5.75 Å². The zero-order valence-electron chi connectivity index (χ0n) is 5.32. The lowest BCUT2D eigenvalue weighted by Crippen LogP contribution is -1.91. The van der Waals surface area contributed by atoms with Gasteiger partial charge in [-0.15, -0.1) is 11.8 Å². The van der Waals surface area contributed by atoms with Gasteiger partial charge in [0.05, 0.1) is 10.6 Å². The van der Waals surface area contributed by atoms with Crippen LogP contribution >= 0.6 is 11.8 Å². The van der Waals surface area contributed by atoms with Crippen molar-refractivity contribution in [1.29, 1.82) is 0 Å². The predicted molar refractivity (Wildman–Crippen MR) is 41.8 cm³/mol. The van der Waals surface area contributed by atoms with E-state index >= 15 is 0 Å². The molecule has 1 aliphatic rings. The molecule has 0 spiro atoms. The van der Waals surface area contributed by atoms with Crippen molar-refractivity contribution in [3.05, 3.63) is 24.3 Å². The number of thioether (sulfide) groups is 1. The van der Waals surface area contributed by atoms with Gasteiger partial charge in [-0.3, -0.25) is 0 Å². The lowest BCUT2D eigenvalue weighted by Gasteiger charge is -2.05. The molecule has 10 heavy (non-hydrogen) atoms. The molecule has 1 aliphatic heterocycles. The van der Waals surface area contributed by atoms with Crippen LogP contribution in [0.5, 0.6) is 0 Å². The maximum Gasteiger partial charge on any atom is 0.116 e. The second kappa shape index (κ2) is 2.42. The molecule has 0 saturated heterocycles. The molecule has 0 aliphatic carbocycles. The number of rotatable bonds is 0. The van der Waals surface area contributed by atoms with Crippen LogP contribution in [0, 0.1) is 0 Å². The molecule has 3 heteroatoms. The van der Waals surface area contributed by atoms with Gasteiger partial charge < -0.3 is 0 Å². The second-order valence-corrected chi connectivity index (χ2v) is 3.05. The highest BCUT2D eigenvalue weighted by Gasteiger charge is 2.03. The zero-order valence-corrected chi connectivity index (χ0v) is 6.14. The molecule has 0 N–H and O–H groups in total. The molecular formula is C7H6N2S. The fraction of sp³-hybridized carbons (Fsp3) is 0.143. The Morgan fingerprint density at radius 3 is 3.40 bits per heavy atom. The van der Waals surface area contributed by atoms with Crippen LogP contribution in [0.3, 0.4) is 0 Å². The van der Waals surface area contributed by atoms with Gasteiger partial charge >= 0.3 is 0 Å². The number of hydrogen-bond acceptors (Lipinski definition) is 3. The van der Waals surface area contributed by atoms with E-state index in [9.17, 15) is 0 Å². The Balaban J connectivity index is 2.54. The summed E-state index contributed by atoms with van der Waals surface area (Å²) in [6, 6.07) is 0. The third-order valence-corrected chi connectivity index (χ3v) is 2.30. The van der Waals surface area contributed by atoms with E-state index in [-0.39, 0.29) is 0 Å². The summed E-state index contributed by atoms with van der Waals surface area (Å²) in [6.07, 6.45) is 7.58. The molecule has 2 nitrogen and oxygen atoms in total. The van der Waals surface area contributed by atoms with Crippen LogP contribution in [0.1, 0.15) is 5.69 Å². The number of hydrogen-bond donors (Lipinski definition) is 0. The number of aromatic nitrogens is 2. The molecule has 0 unspecified atom stereocenters. The van der Waals surface area contributed by atoms with E-state index in [0.717, 1.165) is 11.4 Å². The topological polar surface area (TPSA) is 25.8 Å². The molecular weight excluding hydrogens is 144 g/mol. The van der Waals surface area contributed by atoms with E-state index in [1.807, 2.05) is 12.3 Å². The minimum absolute atomic E-state index is 1.04. The molecule has 2 heterocycles. The van der Waals surface area contributed by atoms with Gasteiger partial charge in [0.1, 0.15) is 6.33 Å². The molecule has 2 rings (SSSR count). The van der Waals surface area contributed by atoms with Gasteiger partial charge in [0.15, 0.2) is 0 Å². The van der Waals surface area contributed by atoms with Crippen LogP contribution in [-0.4, -0.2) is 15.7 Å². The van der Waals surface area contributed by atoms with Crippen molar-refractivity contribution in [3.8, 4) is 0 Å². The van der Waals surface area contributed by atoms with Crippen LogP contribution in [-0.2, 0) is 0 Å². The Morgan fingerprint density at radius 2 is 2.50 bits per heavy atom. The SMILES string of the molecule is C1=Cc2ncncc2SC1. The highest BCUT2D eigenvalue weighted by atomic mass is 32.2. The molecule has 0 fully saturated rings. The Morgan fingerprint density at radius 1 is 1.50 bits per heavy atom. The summed E-state index contributed by atoms with van der Waals surface area (Å²) in [5, 5.41) is 0. The number of fused-ring (bicyclic) bond motifs is 1. The molecule has 1 aromatic heterocycles. The smallest absolute Gasteiger partial charge is 0.116 e. The van der Waals surface area contributed by atoms with Crippen molar-refractivity contribution in [2.24, 2.45) is 0 Å². The zero-order chi connectivity index (χ0) is 6.81. The van der Waals surface area contributed by atoms with Gasteiger partial charge in [0.2, 0.25) is 0 Å². The molecule has 0 aromatic carbocycles. The fourth-order valence-corrected chi connectivity index (χ4v) is 1.64. The van der Waals surface area contributed by atoms with Crippen molar-refractivity contribution >= 4 is 17.8 Å². The summed E-state index contributed by atoms with van der Waals surface area (Å²) in [7, 11) is 0. The van der Waals surface area contributed by atoms with Crippen LogP contribution in [0.15, 0.2) is 23.5 Å². The first-order valence-electron chi connectivity index (χ1n) is 3.06. The van der Waals surface area contributed by atoms with E-state index in [1.54, 1.807) is 18.1 Å². The molecule has 0 bridgehead atoms. The van der Waals surface area contributed by atoms with Gasteiger partial charge in [-0.25, -0.2) is 9.97 Å². The minimum atomic E-state index is 1.04. The van der Waals surface area contributed by atoms with Gasteiger partial charge in [0.25, 0.3) is 0 Å². The molecule has 50 valence electrons. The highest BCUT2D eigenvalue weighted by Crippen LogP contribution is 2.24. The second-order valence-electron chi connectivity index (χ2n) is 1.99. The van der Waals surface area contributed by atoms with Gasteiger partial charge in [-0.05, 0) is 6.08 Å². The highest BCUT2D eigenvalue weighted by molar-refractivity contribution is 7.99. The van der Waals surface area contributed by atoms with E-state index < -0.39 is 0 Å². The lowest BCUT2D eigenvalue weighted by molar-refractivity contribution is 1.07. The summed E-state index contributed by atoms with van der Waals surface area (Å²) in [4.78, 5) is 9.22. The van der Waals surface area contributed by atoms with Crippen molar-refractivity contribution in [1.82, 2.24) is 9.97 Å². The largest absolute Gasteiger partial charge is 0.244 e. The van der Waals surface area contributed by atoms with Crippen LogP contribution in [0.2, 0.25) is 0 Å². The Hall–Kier alpha value is -0.830. The first-order valence-corrected chi connectivity index (χ1v) is 4.05. The standard InChI is InChI=1S/C7H6N2S/c1-2-6-7(10-3-1)4-8-5-9-6/h1-2,4-5H,3H2. The average Bonchev–Trinajstić information content (AvgIpc) is 2.05. The Labute approximate surface area is 63.4 Å². The first-order chi connectivity index (χ1) is 4.97. The van der Waals surface area contributed by atoms with Gasteiger partial charge in [0, 0.05) is 11.9 Å². The van der Waals surface area contributed by atoms with Crippen molar-refractivity contribution < 1.29 is 0 Å². The van der Waals surface area contributed by atoms with E-state index in [2.05, 4.69) is 16.0 Å². The molecule has 0 saturated carbocycles. The fourth-order valence-electron chi connectivity index (χ4n) is 0.860. The molecule has 0 radical (unpaired) electrons. The molecule has 0 amide bonds. The van der Waals surface area contributed by atoms with E-state index in [4.69, 9.17) is 0 Å². The maximum absolute atomic E-state index is 4.10. The van der Waals surface area contributed by atoms with E-state index in [1.165, 1.54) is 4.90 Å². The lowest BCUT2D eigenvalue weighted by atomic mass is 10.3. The van der Waals surface area contributed by atoms with Crippen LogP contribution < -0.4 is 0 Å². The first kappa shape index (κ1) is 5.92. The normalized spacial score (nSPS) is 14.8. The van der Waals surface area contributed by atoms with Crippen LogP contribution in [0.25, 0.3) is 6.08 Å². The predicted octanol–water partition coefficient (Wildman–Crippen LogP) is 1.60. The summed E-state index contributed by atoms with van der Waals surface area (Å²) in [5.74, 6) is 1.04. The van der Waals surface area contributed by atoms with Crippen LogP contribution in [0.4, 0.5) is 0 Å². The Kier molecular flexibility index (Phi) is 1.43. The molecule has 0 atom stereocenters. The van der Waals surface area contributed by atoms with Crippen molar-refractivity contribution in [3.63, 3.8) is 0 Å². The van der Waals surface area contributed by atoms with Gasteiger partial charge in [-0.2, -0.15) is 0 Å². The minimum Gasteiger partial charge on any atom is -0.244 e. The average molecular weight is 150 g/mol. The monoisotopic (exact) mass is 150 g/mol. The number of nitrogens with zero attached hydrogens (tertiary/aromatic N) is 2. The molecule has 1 aromatic rings. The third kappa shape index (κ3) is 0.926. The quantitative estimate of drug-likeness (QED) is 0.561. The summed E-state index contributed by atoms with van der Waals surface area (Å²) >= 11 is 1.78. The maximum atomic E-state index is 4.10. The van der Waals surface area contributed by atoms with Crippen molar-refractivity contribution in [2.45, 2.75) is 4.90 Å².